The molecule has 0 aromatic heterocycles. The third kappa shape index (κ3) is 2.82. The number of nitrogens with zero attached hydrogens (tertiary/aromatic N) is 2. The summed E-state index contributed by atoms with van der Waals surface area (Å²) in [5.74, 6) is -0.905. The van der Waals surface area contributed by atoms with Gasteiger partial charge in [0.25, 0.3) is 5.78 Å². The number of hydrogen-bond donors (Lipinski definition) is 0. The molecule has 1 aliphatic heterocycles. The van der Waals surface area contributed by atoms with E-state index in [-0.39, 0.29) is 0 Å². The van der Waals surface area contributed by atoms with Crippen LogP contribution in [0.15, 0.2) is 53.0 Å². The molecule has 22 heavy (non-hydrogen) atoms. The first-order valence-corrected chi connectivity index (χ1v) is 7.74. The average molecular weight is 359 g/mol. The van der Waals surface area contributed by atoms with E-state index in [0.29, 0.717) is 24.5 Å². The summed E-state index contributed by atoms with van der Waals surface area (Å²) in [6.45, 7) is 1.10. The van der Waals surface area contributed by atoms with Crippen LogP contribution in [0.25, 0.3) is 0 Å². The zero-order valence-electron chi connectivity index (χ0n) is 12.1. The second kappa shape index (κ2) is 6.02. The van der Waals surface area contributed by atoms with Gasteiger partial charge in [0.1, 0.15) is 0 Å². The molecule has 1 heterocycles. The van der Waals surface area contributed by atoms with Gasteiger partial charge < -0.3 is 0 Å². The lowest BCUT2D eigenvalue weighted by Gasteiger charge is -2.24. The Morgan fingerprint density at radius 3 is 2.55 bits per heavy atom. The molecule has 1 amide bonds. The van der Waals surface area contributed by atoms with Gasteiger partial charge in [0, 0.05) is 11.0 Å². The number of hydrogen-bond acceptors (Lipinski definition) is 3. The number of rotatable bonds is 4. The van der Waals surface area contributed by atoms with Crippen LogP contribution in [0.1, 0.15) is 15.9 Å². The van der Waals surface area contributed by atoms with E-state index in [1.54, 1.807) is 12.1 Å². The number of fused-ring (bicyclic) bond motifs is 1. The maximum absolute atomic E-state index is 12.2. The average Bonchev–Trinajstić information content (AvgIpc) is 2.73. The van der Waals surface area contributed by atoms with Gasteiger partial charge in [0.05, 0.1) is 17.9 Å². The summed E-state index contributed by atoms with van der Waals surface area (Å²) in [5, 5.41) is 0. The predicted octanol–water partition coefficient (Wildman–Crippen LogP) is 3.07. The number of Topliss-reactive ketones (excluding diaryl/α,β-unsaturated/α-hetero) is 1. The Hall–Kier alpha value is -1.98. The maximum Gasteiger partial charge on any atom is 0.300 e. The number of halogens is 1. The molecule has 0 radical (unpaired) electrons. The minimum absolute atomic E-state index is 0.383. The largest absolute Gasteiger partial charge is 0.300 e. The highest BCUT2D eigenvalue weighted by atomic mass is 79.9. The number of amides is 1. The van der Waals surface area contributed by atoms with Crippen LogP contribution in [0.2, 0.25) is 0 Å². The van der Waals surface area contributed by atoms with Crippen LogP contribution >= 0.6 is 15.9 Å². The highest BCUT2D eigenvalue weighted by molar-refractivity contribution is 9.10. The number of benzene rings is 2. The molecule has 0 atom stereocenters. The SMILES string of the molecule is CN(Cc1ccccc1)CN1C(=O)C(=O)c2cc(Br)ccc21. The van der Waals surface area contributed by atoms with Gasteiger partial charge in [0.2, 0.25) is 0 Å². The highest BCUT2D eigenvalue weighted by Gasteiger charge is 2.36. The number of carbonyl (C=O) groups excluding carboxylic acids is 2. The monoisotopic (exact) mass is 358 g/mol. The molecule has 0 N–H and O–H groups in total. The van der Waals surface area contributed by atoms with Gasteiger partial charge in [-0.15, -0.1) is 0 Å². The fourth-order valence-electron chi connectivity index (χ4n) is 2.60. The lowest BCUT2D eigenvalue weighted by atomic mass is 10.1. The van der Waals surface area contributed by atoms with Crippen molar-refractivity contribution >= 4 is 33.3 Å². The van der Waals surface area contributed by atoms with E-state index in [0.717, 1.165) is 4.47 Å². The van der Waals surface area contributed by atoms with E-state index >= 15 is 0 Å². The Kier molecular flexibility index (Phi) is 4.09. The van der Waals surface area contributed by atoms with Crippen molar-refractivity contribution < 1.29 is 9.59 Å². The van der Waals surface area contributed by atoms with Crippen molar-refractivity contribution in [1.29, 1.82) is 0 Å². The van der Waals surface area contributed by atoms with Crippen molar-refractivity contribution in [3.63, 3.8) is 0 Å². The first-order valence-electron chi connectivity index (χ1n) is 6.94. The first kappa shape index (κ1) is 14.9. The molecule has 2 aromatic carbocycles. The van der Waals surface area contributed by atoms with Crippen LogP contribution in [-0.2, 0) is 11.3 Å². The van der Waals surface area contributed by atoms with Gasteiger partial charge in [-0.2, -0.15) is 0 Å². The summed E-state index contributed by atoms with van der Waals surface area (Å²) < 4.78 is 0.798. The Bertz CT molecular complexity index is 731. The lowest BCUT2D eigenvalue weighted by molar-refractivity contribution is -0.114. The molecule has 0 unspecified atom stereocenters. The van der Waals surface area contributed by atoms with E-state index in [9.17, 15) is 9.59 Å². The molecule has 3 rings (SSSR count). The molecule has 5 heteroatoms. The fraction of sp³-hybridized carbons (Fsp3) is 0.176. The Morgan fingerprint density at radius 1 is 1.09 bits per heavy atom. The summed E-state index contributed by atoms with van der Waals surface area (Å²) >= 11 is 3.33. The molecule has 0 aliphatic carbocycles. The van der Waals surface area contributed by atoms with Crippen molar-refractivity contribution in [2.45, 2.75) is 6.54 Å². The molecule has 1 aliphatic rings. The lowest BCUT2D eigenvalue weighted by Crippen LogP contribution is -2.38. The summed E-state index contributed by atoms with van der Waals surface area (Å²) in [5.41, 5.74) is 2.31. The van der Waals surface area contributed by atoms with Crippen LogP contribution in [0.3, 0.4) is 0 Å². The quantitative estimate of drug-likeness (QED) is 0.788. The third-order valence-corrected chi connectivity index (χ3v) is 4.10. The molecule has 0 saturated heterocycles. The second-order valence-corrected chi connectivity index (χ2v) is 6.28. The zero-order valence-corrected chi connectivity index (χ0v) is 13.7. The summed E-state index contributed by atoms with van der Waals surface area (Å²) in [6, 6.07) is 15.4. The Labute approximate surface area is 137 Å². The minimum Gasteiger partial charge on any atom is -0.291 e. The molecule has 0 bridgehead atoms. The molecular formula is C17H15BrN2O2. The molecule has 0 fully saturated rings. The van der Waals surface area contributed by atoms with Crippen LogP contribution < -0.4 is 4.90 Å². The Morgan fingerprint density at radius 2 is 1.82 bits per heavy atom. The van der Waals surface area contributed by atoms with Gasteiger partial charge in [-0.05, 0) is 30.8 Å². The molecule has 0 saturated carbocycles. The van der Waals surface area contributed by atoms with Gasteiger partial charge in [-0.25, -0.2) is 0 Å². The summed E-state index contributed by atoms with van der Waals surface area (Å²) in [6.07, 6.45) is 0. The van der Waals surface area contributed by atoms with Crippen molar-refractivity contribution in [3.8, 4) is 0 Å². The van der Waals surface area contributed by atoms with E-state index < -0.39 is 11.7 Å². The molecule has 4 nitrogen and oxygen atoms in total. The number of ketones is 1. The highest BCUT2D eigenvalue weighted by Crippen LogP contribution is 2.31. The van der Waals surface area contributed by atoms with Gasteiger partial charge in [-0.1, -0.05) is 46.3 Å². The normalized spacial score (nSPS) is 13.9. The van der Waals surface area contributed by atoms with Gasteiger partial charge in [-0.3, -0.25) is 19.4 Å². The second-order valence-electron chi connectivity index (χ2n) is 5.36. The van der Waals surface area contributed by atoms with Crippen molar-refractivity contribution in [2.75, 3.05) is 18.6 Å². The summed E-state index contributed by atoms with van der Waals surface area (Å²) in [7, 11) is 1.93. The van der Waals surface area contributed by atoms with E-state index in [4.69, 9.17) is 0 Å². The van der Waals surface area contributed by atoms with E-state index in [1.807, 2.05) is 48.3 Å². The maximum atomic E-state index is 12.2. The third-order valence-electron chi connectivity index (χ3n) is 3.61. The van der Waals surface area contributed by atoms with E-state index in [1.165, 1.54) is 10.5 Å². The molecule has 2 aromatic rings. The Balaban J connectivity index is 1.78. The number of carbonyl (C=O) groups is 2. The van der Waals surface area contributed by atoms with E-state index in [2.05, 4.69) is 15.9 Å². The minimum atomic E-state index is -0.465. The number of anilines is 1. The van der Waals surface area contributed by atoms with Crippen molar-refractivity contribution in [3.05, 3.63) is 64.1 Å². The predicted molar refractivity (Wildman–Crippen MR) is 88.7 cm³/mol. The first-order chi connectivity index (χ1) is 10.6. The topological polar surface area (TPSA) is 40.6 Å². The van der Waals surface area contributed by atoms with Crippen LogP contribution in [0.5, 0.6) is 0 Å². The van der Waals surface area contributed by atoms with Crippen LogP contribution in [0.4, 0.5) is 5.69 Å². The molecule has 112 valence electrons. The van der Waals surface area contributed by atoms with Crippen molar-refractivity contribution in [1.82, 2.24) is 4.90 Å². The smallest absolute Gasteiger partial charge is 0.291 e. The van der Waals surface area contributed by atoms with Gasteiger partial charge >= 0.3 is 5.91 Å². The zero-order chi connectivity index (χ0) is 15.7. The molecular weight excluding hydrogens is 344 g/mol. The standard InChI is InChI=1S/C17H15BrN2O2/c1-19(10-12-5-3-2-4-6-12)11-20-15-8-7-13(18)9-14(15)16(21)17(20)22/h2-9H,10-11H2,1H3. The van der Waals surface area contributed by atoms with Crippen molar-refractivity contribution in [2.24, 2.45) is 0 Å². The van der Waals surface area contributed by atoms with Gasteiger partial charge in [0.15, 0.2) is 0 Å². The van der Waals surface area contributed by atoms with Crippen LogP contribution in [0, 0.1) is 0 Å². The summed E-state index contributed by atoms with van der Waals surface area (Å²) in [4.78, 5) is 27.8. The fourth-order valence-corrected chi connectivity index (χ4v) is 2.96. The van der Waals surface area contributed by atoms with Crippen LogP contribution in [-0.4, -0.2) is 30.3 Å². The molecule has 0 spiro atoms.